The molecular weight excluding hydrogens is 504 g/mol. The van der Waals surface area contributed by atoms with Gasteiger partial charge in [-0.25, -0.2) is 4.57 Å². The smallest absolute Gasteiger partial charge is 0.288 e. The number of hydrogen-bond donors (Lipinski definition) is 1. The van der Waals surface area contributed by atoms with E-state index in [1.807, 2.05) is 6.33 Å². The third-order valence-corrected chi connectivity index (χ3v) is 11.1. The van der Waals surface area contributed by atoms with Crippen LogP contribution in [0.2, 0.25) is 0 Å². The fourth-order valence-corrected chi connectivity index (χ4v) is 8.72. The molecule has 41 heavy (non-hydrogen) atoms. The highest BCUT2D eigenvalue weighted by Gasteiger charge is 2.91. The van der Waals surface area contributed by atoms with Crippen LogP contribution in [0.4, 0.5) is 0 Å². The van der Waals surface area contributed by atoms with Crippen LogP contribution in [0, 0.1) is 0 Å². The van der Waals surface area contributed by atoms with E-state index < -0.39 is 16.7 Å². The molecule has 1 aromatic heterocycles. The molecule has 4 aromatic carbocycles. The molecule has 4 heteroatoms. The van der Waals surface area contributed by atoms with E-state index in [0.717, 1.165) is 11.4 Å². The Balaban J connectivity index is 1.57. The van der Waals surface area contributed by atoms with E-state index in [1.54, 1.807) is 7.11 Å². The van der Waals surface area contributed by atoms with Crippen molar-refractivity contribution in [3.05, 3.63) is 95.3 Å². The van der Waals surface area contributed by atoms with Gasteiger partial charge in [0.1, 0.15) is 11.1 Å². The highest BCUT2D eigenvalue weighted by Crippen LogP contribution is 2.73. The van der Waals surface area contributed by atoms with E-state index in [1.165, 1.54) is 54.9 Å². The molecule has 3 aliphatic rings. The normalized spacial score (nSPS) is 26.8. The molecule has 2 heterocycles. The quantitative estimate of drug-likeness (QED) is 0.179. The first-order chi connectivity index (χ1) is 19.3. The van der Waals surface area contributed by atoms with Gasteiger partial charge >= 0.3 is 0 Å². The number of benzene rings is 4. The van der Waals surface area contributed by atoms with E-state index in [4.69, 9.17) is 9.72 Å². The molecule has 0 spiro atoms. The van der Waals surface area contributed by atoms with Gasteiger partial charge in [0.15, 0.2) is 11.2 Å². The zero-order valence-corrected chi connectivity index (χ0v) is 25.2. The van der Waals surface area contributed by atoms with Gasteiger partial charge in [0.25, 0.3) is 6.33 Å². The second-order valence-corrected chi connectivity index (χ2v) is 14.2. The summed E-state index contributed by atoms with van der Waals surface area (Å²) in [7, 11) is 1.63. The maximum Gasteiger partial charge on any atom is 0.288 e. The van der Waals surface area contributed by atoms with E-state index in [-0.39, 0.29) is 10.8 Å². The third-order valence-electron chi connectivity index (χ3n) is 11.1. The summed E-state index contributed by atoms with van der Waals surface area (Å²) in [6.07, 6.45) is 1.96. The van der Waals surface area contributed by atoms with E-state index in [9.17, 15) is 5.11 Å². The highest BCUT2D eigenvalue weighted by atomic mass is 16.6. The van der Waals surface area contributed by atoms with Crippen molar-refractivity contribution in [2.24, 2.45) is 0 Å². The first-order valence-electron chi connectivity index (χ1n) is 14.7. The van der Waals surface area contributed by atoms with Crippen LogP contribution in [-0.4, -0.2) is 23.0 Å². The summed E-state index contributed by atoms with van der Waals surface area (Å²) >= 11 is 0. The molecule has 3 atom stereocenters. The lowest BCUT2D eigenvalue weighted by atomic mass is 9.73. The van der Waals surface area contributed by atoms with Crippen molar-refractivity contribution < 1.29 is 14.4 Å². The van der Waals surface area contributed by atoms with Crippen molar-refractivity contribution in [3.8, 4) is 22.5 Å². The molecule has 1 fully saturated rings. The van der Waals surface area contributed by atoms with Gasteiger partial charge in [0.05, 0.1) is 5.56 Å². The van der Waals surface area contributed by atoms with Crippen LogP contribution in [0.5, 0.6) is 0 Å². The van der Waals surface area contributed by atoms with Crippen molar-refractivity contribution in [2.75, 3.05) is 7.11 Å². The van der Waals surface area contributed by atoms with E-state index in [2.05, 4.69) is 120 Å². The lowest BCUT2D eigenvalue weighted by Gasteiger charge is -2.33. The SMILES string of the molecule is COC1(O)C2(C)c3c(cc(C(C)(C)C)c4ccccc34)-c3c4c(nc[n+]3C12C)-c1cc2ccccc2cc1C4(C)C. The van der Waals surface area contributed by atoms with E-state index in [0.29, 0.717) is 0 Å². The minimum Gasteiger partial charge on any atom is -0.361 e. The third kappa shape index (κ3) is 2.57. The largest absolute Gasteiger partial charge is 0.361 e. The van der Waals surface area contributed by atoms with Crippen LogP contribution in [0.25, 0.3) is 44.1 Å². The Labute approximate surface area is 241 Å². The number of aromatic nitrogens is 2. The number of nitrogens with zero attached hydrogens (tertiary/aromatic N) is 2. The minimum atomic E-state index is -1.39. The Morgan fingerprint density at radius 2 is 1.44 bits per heavy atom. The Hall–Kier alpha value is -3.60. The summed E-state index contributed by atoms with van der Waals surface area (Å²) in [4.78, 5) is 5.17. The van der Waals surface area contributed by atoms with Gasteiger partial charge in [-0.1, -0.05) is 83.1 Å². The molecule has 0 amide bonds. The molecule has 1 N–H and O–H groups in total. The van der Waals surface area contributed by atoms with Crippen molar-refractivity contribution in [2.45, 2.75) is 76.0 Å². The maximum absolute atomic E-state index is 12.3. The molecule has 5 aromatic rings. The van der Waals surface area contributed by atoms with Gasteiger partial charge in [-0.05, 0) is 80.7 Å². The predicted molar refractivity (Wildman–Crippen MR) is 164 cm³/mol. The standard InChI is InChI=1S/C37H37N2O2/c1-33(2,3)27-19-26-29(24-16-12-11-15-23(24)27)35(6)36(7,37(35,40)41-8)39-20-38-31-25-17-21-13-9-10-14-22(21)18-28(25)34(4,5)30(31)32(26)39/h9-20,40H,1-8H3/q+1. The van der Waals surface area contributed by atoms with Crippen LogP contribution >= 0.6 is 0 Å². The number of fused-ring (bicyclic) bond motifs is 13. The predicted octanol–water partition coefficient (Wildman–Crippen LogP) is 7.28. The number of hydrogen-bond acceptors (Lipinski definition) is 3. The van der Waals surface area contributed by atoms with Gasteiger partial charge in [0.2, 0.25) is 5.79 Å². The molecule has 0 bridgehead atoms. The lowest BCUT2D eigenvalue weighted by molar-refractivity contribution is -0.744. The number of ether oxygens (including phenoxy) is 1. The van der Waals surface area contributed by atoms with Gasteiger partial charge in [-0.2, -0.15) is 0 Å². The summed E-state index contributed by atoms with van der Waals surface area (Å²) in [5.41, 5.74) is 7.74. The first kappa shape index (κ1) is 25.1. The summed E-state index contributed by atoms with van der Waals surface area (Å²) < 4.78 is 8.30. The van der Waals surface area contributed by atoms with Crippen molar-refractivity contribution in [1.29, 1.82) is 0 Å². The zero-order chi connectivity index (χ0) is 28.9. The van der Waals surface area contributed by atoms with Gasteiger partial charge in [-0.15, -0.1) is 0 Å². The highest BCUT2D eigenvalue weighted by molar-refractivity contribution is 6.00. The Bertz CT molecular complexity index is 2000. The number of aliphatic hydroxyl groups is 1. The first-order valence-corrected chi connectivity index (χ1v) is 14.7. The second kappa shape index (κ2) is 7.24. The lowest BCUT2D eigenvalue weighted by Crippen LogP contribution is -2.56. The van der Waals surface area contributed by atoms with Crippen molar-refractivity contribution >= 4 is 21.5 Å². The Kier molecular flexibility index (Phi) is 4.44. The molecule has 2 aliphatic carbocycles. The fourth-order valence-electron chi connectivity index (χ4n) is 8.72. The maximum atomic E-state index is 12.3. The molecule has 8 rings (SSSR count). The van der Waals surface area contributed by atoms with E-state index >= 15 is 0 Å². The van der Waals surface area contributed by atoms with Crippen LogP contribution in [0.3, 0.4) is 0 Å². The number of rotatable bonds is 1. The van der Waals surface area contributed by atoms with Gasteiger partial charge < -0.3 is 9.84 Å². The molecule has 3 unspecified atom stereocenters. The summed E-state index contributed by atoms with van der Waals surface area (Å²) in [5, 5.41) is 17.2. The van der Waals surface area contributed by atoms with Crippen LogP contribution in [0.15, 0.2) is 73.1 Å². The zero-order valence-electron chi connectivity index (χ0n) is 25.2. The molecular formula is C37H37N2O2+. The minimum absolute atomic E-state index is 0.0748. The van der Waals surface area contributed by atoms with Crippen LogP contribution in [-0.2, 0) is 26.5 Å². The summed E-state index contributed by atoms with van der Waals surface area (Å²) in [6.45, 7) is 15.8. The van der Waals surface area contributed by atoms with Gasteiger partial charge in [-0.3, -0.25) is 0 Å². The van der Waals surface area contributed by atoms with Crippen molar-refractivity contribution in [3.63, 3.8) is 0 Å². The fraction of sp³-hybridized carbons (Fsp3) is 0.351. The van der Waals surface area contributed by atoms with Crippen LogP contribution in [0.1, 0.15) is 70.7 Å². The molecule has 206 valence electrons. The van der Waals surface area contributed by atoms with Crippen LogP contribution < -0.4 is 4.57 Å². The second-order valence-electron chi connectivity index (χ2n) is 14.2. The molecule has 4 nitrogen and oxygen atoms in total. The molecule has 0 radical (unpaired) electrons. The topological polar surface area (TPSA) is 46.2 Å². The average Bonchev–Trinajstić information content (AvgIpc) is 3.24. The average molecular weight is 542 g/mol. The van der Waals surface area contributed by atoms with Crippen molar-refractivity contribution in [1.82, 2.24) is 4.98 Å². The molecule has 0 saturated heterocycles. The van der Waals surface area contributed by atoms with Gasteiger partial charge in [0, 0.05) is 23.7 Å². The Morgan fingerprint density at radius 1 is 0.805 bits per heavy atom. The molecule has 1 saturated carbocycles. The summed E-state index contributed by atoms with van der Waals surface area (Å²) in [6, 6.07) is 24.3. The monoisotopic (exact) mass is 541 g/mol. The Morgan fingerprint density at radius 3 is 2.10 bits per heavy atom. The molecule has 1 aliphatic heterocycles. The summed E-state index contributed by atoms with van der Waals surface area (Å²) in [5.74, 6) is -1.39. The number of methoxy groups -OCH3 is 1.